The van der Waals surface area contributed by atoms with E-state index in [1.165, 1.54) is 11.8 Å². The lowest BCUT2D eigenvalue weighted by atomic mass is 10.0. The van der Waals surface area contributed by atoms with E-state index in [0.717, 1.165) is 0 Å². The summed E-state index contributed by atoms with van der Waals surface area (Å²) >= 11 is 1.44. The van der Waals surface area contributed by atoms with Crippen molar-refractivity contribution < 1.29 is 33.8 Å². The maximum atomic E-state index is 12.8. The van der Waals surface area contributed by atoms with Crippen molar-refractivity contribution in [3.05, 3.63) is 0 Å². The molecule has 0 unspecified atom stereocenters. The van der Waals surface area contributed by atoms with Crippen LogP contribution in [0.5, 0.6) is 0 Å². The fourth-order valence-electron chi connectivity index (χ4n) is 2.60. The normalized spacial score (nSPS) is 14.1. The molecular formula is C20H36N4O7S. The molecule has 0 fully saturated rings. The maximum absolute atomic E-state index is 12.8. The third kappa shape index (κ3) is 13.0. The second kappa shape index (κ2) is 13.8. The van der Waals surface area contributed by atoms with Gasteiger partial charge >= 0.3 is 12.1 Å². The van der Waals surface area contributed by atoms with Gasteiger partial charge in [0.15, 0.2) is 0 Å². The third-order valence-corrected chi connectivity index (χ3v) is 4.64. The molecular weight excluding hydrogens is 440 g/mol. The summed E-state index contributed by atoms with van der Waals surface area (Å²) in [6.07, 6.45) is 0.772. The standard InChI is InChI=1S/C20H36N4O7S/c1-11(2)9-13(16(21)27)22-18(29)14(10-15(25)26)23-17(28)12(7-8-32-6)24-19(30)31-20(3,4)5/h11-14H,7-10H2,1-6H3,(H2,21,27)(H,22,29)(H,23,28)(H,24,30)(H,25,26)/t12-,13+,14-/m0/s1. The first-order valence-electron chi connectivity index (χ1n) is 10.3. The van der Waals surface area contributed by atoms with Crippen molar-refractivity contribution in [1.29, 1.82) is 0 Å². The summed E-state index contributed by atoms with van der Waals surface area (Å²) in [5, 5.41) is 16.4. The van der Waals surface area contributed by atoms with Gasteiger partial charge in [-0.15, -0.1) is 0 Å². The second-order valence-corrected chi connectivity index (χ2v) is 9.72. The van der Waals surface area contributed by atoms with E-state index in [-0.39, 0.29) is 18.8 Å². The van der Waals surface area contributed by atoms with Gasteiger partial charge in [-0.1, -0.05) is 13.8 Å². The number of primary amides is 1. The highest BCUT2D eigenvalue weighted by molar-refractivity contribution is 7.98. The number of hydrogen-bond acceptors (Lipinski definition) is 7. The van der Waals surface area contributed by atoms with Crippen molar-refractivity contribution in [2.45, 2.75) is 77.6 Å². The molecule has 32 heavy (non-hydrogen) atoms. The van der Waals surface area contributed by atoms with Crippen LogP contribution in [0.3, 0.4) is 0 Å². The van der Waals surface area contributed by atoms with E-state index >= 15 is 0 Å². The minimum absolute atomic E-state index is 0.0364. The number of carbonyl (C=O) groups excluding carboxylic acids is 4. The van der Waals surface area contributed by atoms with E-state index in [1.54, 1.807) is 20.8 Å². The Morgan fingerprint density at radius 3 is 1.94 bits per heavy atom. The van der Waals surface area contributed by atoms with Gasteiger partial charge in [-0.2, -0.15) is 11.8 Å². The van der Waals surface area contributed by atoms with Crippen LogP contribution < -0.4 is 21.7 Å². The lowest BCUT2D eigenvalue weighted by molar-refractivity contribution is -0.141. The molecule has 0 saturated carbocycles. The molecule has 0 spiro atoms. The molecule has 12 heteroatoms. The van der Waals surface area contributed by atoms with Gasteiger partial charge in [-0.3, -0.25) is 19.2 Å². The molecule has 0 aromatic carbocycles. The van der Waals surface area contributed by atoms with Crippen LogP contribution in [0.4, 0.5) is 4.79 Å². The number of nitrogens with two attached hydrogens (primary N) is 1. The van der Waals surface area contributed by atoms with Crippen LogP contribution in [0.2, 0.25) is 0 Å². The van der Waals surface area contributed by atoms with Gasteiger partial charge < -0.3 is 31.5 Å². The zero-order chi connectivity index (χ0) is 25.1. The molecule has 3 atom stereocenters. The van der Waals surface area contributed by atoms with E-state index < -0.39 is 59.9 Å². The number of nitrogens with one attached hydrogen (secondary N) is 3. The summed E-state index contributed by atoms with van der Waals surface area (Å²) in [5.74, 6) is -3.14. The topological polar surface area (TPSA) is 177 Å². The number of amides is 4. The number of rotatable bonds is 13. The average molecular weight is 477 g/mol. The number of ether oxygens (including phenoxy) is 1. The summed E-state index contributed by atoms with van der Waals surface area (Å²) in [6.45, 7) is 8.67. The van der Waals surface area contributed by atoms with Gasteiger partial charge in [-0.25, -0.2) is 4.79 Å². The Morgan fingerprint density at radius 2 is 1.50 bits per heavy atom. The molecule has 0 aromatic rings. The first kappa shape index (κ1) is 29.5. The lowest BCUT2D eigenvalue weighted by Gasteiger charge is -2.25. The van der Waals surface area contributed by atoms with Gasteiger partial charge in [0, 0.05) is 0 Å². The Morgan fingerprint density at radius 1 is 0.969 bits per heavy atom. The monoisotopic (exact) mass is 476 g/mol. The lowest BCUT2D eigenvalue weighted by Crippen LogP contribution is -2.57. The number of carbonyl (C=O) groups is 5. The number of hydrogen-bond donors (Lipinski definition) is 5. The van der Waals surface area contributed by atoms with E-state index in [4.69, 9.17) is 10.5 Å². The smallest absolute Gasteiger partial charge is 0.408 e. The minimum atomic E-state index is -1.47. The number of thioether (sulfide) groups is 1. The van der Waals surface area contributed by atoms with Crippen molar-refractivity contribution in [2.75, 3.05) is 12.0 Å². The van der Waals surface area contributed by atoms with Gasteiger partial charge in [0.25, 0.3) is 0 Å². The maximum Gasteiger partial charge on any atom is 0.408 e. The zero-order valence-corrected chi connectivity index (χ0v) is 20.3. The highest BCUT2D eigenvalue weighted by Gasteiger charge is 2.31. The Hall–Kier alpha value is -2.50. The van der Waals surface area contributed by atoms with E-state index in [0.29, 0.717) is 5.75 Å². The Kier molecular flexibility index (Phi) is 12.7. The van der Waals surface area contributed by atoms with E-state index in [1.807, 2.05) is 20.1 Å². The first-order chi connectivity index (χ1) is 14.7. The molecule has 0 radical (unpaired) electrons. The second-order valence-electron chi connectivity index (χ2n) is 8.73. The molecule has 0 saturated heterocycles. The predicted molar refractivity (Wildman–Crippen MR) is 121 cm³/mol. The molecule has 0 aliphatic heterocycles. The number of carboxylic acids is 1. The summed E-state index contributed by atoms with van der Waals surface area (Å²) in [6, 6.07) is -3.53. The van der Waals surface area contributed by atoms with Crippen LogP contribution in [0.15, 0.2) is 0 Å². The van der Waals surface area contributed by atoms with Crippen LogP contribution in [-0.4, -0.2) is 70.6 Å². The molecule has 6 N–H and O–H groups in total. The van der Waals surface area contributed by atoms with Crippen molar-refractivity contribution in [3.8, 4) is 0 Å². The quantitative estimate of drug-likeness (QED) is 0.257. The number of alkyl carbamates (subject to hydrolysis) is 1. The zero-order valence-electron chi connectivity index (χ0n) is 19.5. The van der Waals surface area contributed by atoms with Gasteiger partial charge in [0.2, 0.25) is 17.7 Å². The molecule has 11 nitrogen and oxygen atoms in total. The molecule has 0 aliphatic rings. The van der Waals surface area contributed by atoms with E-state index in [9.17, 15) is 29.1 Å². The van der Waals surface area contributed by atoms with Crippen molar-refractivity contribution in [2.24, 2.45) is 11.7 Å². The largest absolute Gasteiger partial charge is 0.481 e. The molecule has 0 aromatic heterocycles. The number of aliphatic carboxylic acids is 1. The summed E-state index contributed by atoms with van der Waals surface area (Å²) in [4.78, 5) is 60.4. The first-order valence-corrected chi connectivity index (χ1v) is 11.7. The summed E-state index contributed by atoms with van der Waals surface area (Å²) in [5.41, 5.74) is 4.54. The van der Waals surface area contributed by atoms with Crippen molar-refractivity contribution in [3.63, 3.8) is 0 Å². The van der Waals surface area contributed by atoms with Gasteiger partial charge in [-0.05, 0) is 51.5 Å². The average Bonchev–Trinajstić information content (AvgIpc) is 2.61. The molecule has 184 valence electrons. The highest BCUT2D eigenvalue weighted by atomic mass is 32.2. The fraction of sp³-hybridized carbons (Fsp3) is 0.750. The van der Waals surface area contributed by atoms with Crippen LogP contribution >= 0.6 is 11.8 Å². The molecule has 0 heterocycles. The minimum Gasteiger partial charge on any atom is -0.481 e. The van der Waals surface area contributed by atoms with Crippen LogP contribution in [0.25, 0.3) is 0 Å². The molecule has 0 aliphatic carbocycles. The molecule has 0 bridgehead atoms. The van der Waals surface area contributed by atoms with Gasteiger partial charge in [0.05, 0.1) is 6.42 Å². The summed E-state index contributed by atoms with van der Waals surface area (Å²) in [7, 11) is 0. The van der Waals surface area contributed by atoms with Crippen LogP contribution in [0, 0.1) is 5.92 Å². The SMILES string of the molecule is CSCC[C@H](NC(=O)OC(C)(C)C)C(=O)N[C@@H](CC(=O)O)C(=O)N[C@H](CC(C)C)C(N)=O. The van der Waals surface area contributed by atoms with Crippen LogP contribution in [-0.2, 0) is 23.9 Å². The molecule has 0 rings (SSSR count). The summed E-state index contributed by atoms with van der Waals surface area (Å²) < 4.78 is 5.17. The Labute approximate surface area is 193 Å². The van der Waals surface area contributed by atoms with Crippen molar-refractivity contribution in [1.82, 2.24) is 16.0 Å². The van der Waals surface area contributed by atoms with Gasteiger partial charge in [0.1, 0.15) is 23.7 Å². The number of carboxylic acid groups (broad SMARTS) is 1. The fourth-order valence-corrected chi connectivity index (χ4v) is 3.07. The Bertz CT molecular complexity index is 679. The van der Waals surface area contributed by atoms with E-state index in [2.05, 4.69) is 16.0 Å². The third-order valence-electron chi connectivity index (χ3n) is 4.00. The molecule has 4 amide bonds. The van der Waals surface area contributed by atoms with Crippen molar-refractivity contribution >= 4 is 41.5 Å². The van der Waals surface area contributed by atoms with Crippen LogP contribution in [0.1, 0.15) is 53.9 Å². The predicted octanol–water partition coefficient (Wildman–Crippen LogP) is 0.609. The Balaban J connectivity index is 5.44. The highest BCUT2D eigenvalue weighted by Crippen LogP contribution is 2.09.